The van der Waals surface area contributed by atoms with Crippen molar-refractivity contribution >= 4 is 11.8 Å². The van der Waals surface area contributed by atoms with E-state index >= 15 is 0 Å². The molecule has 22 heavy (non-hydrogen) atoms. The number of nitrogens with one attached hydrogen (secondary N) is 2. The van der Waals surface area contributed by atoms with Crippen molar-refractivity contribution < 1.29 is 14.7 Å². The van der Waals surface area contributed by atoms with Gasteiger partial charge in [-0.15, -0.1) is 0 Å². The molecule has 2 amide bonds. The number of carbonyl (C=O) groups excluding carboxylic acids is 2. The van der Waals surface area contributed by atoms with Crippen LogP contribution < -0.4 is 10.6 Å². The number of fused-ring (bicyclic) bond motifs is 2. The van der Waals surface area contributed by atoms with E-state index < -0.39 is 0 Å². The molecule has 0 aliphatic heterocycles. The number of amides is 2. The first-order valence-corrected chi connectivity index (χ1v) is 8.84. The summed E-state index contributed by atoms with van der Waals surface area (Å²) in [5.74, 6) is 1.67. The Bertz CT molecular complexity index is 420. The van der Waals surface area contributed by atoms with Crippen LogP contribution in [0.4, 0.5) is 0 Å². The first kappa shape index (κ1) is 15.8. The van der Waals surface area contributed by atoms with Crippen LogP contribution in [0.5, 0.6) is 0 Å². The molecule has 3 aliphatic carbocycles. The van der Waals surface area contributed by atoms with E-state index in [-0.39, 0.29) is 36.9 Å². The Morgan fingerprint density at radius 2 is 1.73 bits per heavy atom. The Balaban J connectivity index is 1.39. The predicted octanol–water partition coefficient (Wildman–Crippen LogP) is 1.21. The van der Waals surface area contributed by atoms with Gasteiger partial charge in [0.2, 0.25) is 11.8 Å². The van der Waals surface area contributed by atoms with Crippen LogP contribution in [0.25, 0.3) is 0 Å². The lowest BCUT2D eigenvalue weighted by Crippen LogP contribution is -2.48. The minimum absolute atomic E-state index is 0.00583. The number of aliphatic hydroxyl groups excluding tert-OH is 1. The van der Waals surface area contributed by atoms with Crippen molar-refractivity contribution in [1.82, 2.24) is 10.6 Å². The number of aliphatic hydroxyl groups is 1. The molecule has 5 heteroatoms. The maximum absolute atomic E-state index is 12.1. The van der Waals surface area contributed by atoms with E-state index in [1.807, 2.05) is 0 Å². The molecule has 3 aliphatic rings. The summed E-state index contributed by atoms with van der Waals surface area (Å²) in [6.07, 6.45) is 8.76. The zero-order chi connectivity index (χ0) is 15.5. The third-order valence-electron chi connectivity index (χ3n) is 6.02. The maximum atomic E-state index is 12.1. The van der Waals surface area contributed by atoms with Gasteiger partial charge in [0, 0.05) is 25.0 Å². The molecule has 0 radical (unpaired) electrons. The number of hydrogen-bond acceptors (Lipinski definition) is 3. The largest absolute Gasteiger partial charge is 0.396 e. The van der Waals surface area contributed by atoms with Crippen molar-refractivity contribution in [3.8, 4) is 0 Å². The minimum Gasteiger partial charge on any atom is -0.396 e. The van der Waals surface area contributed by atoms with Gasteiger partial charge in [0.15, 0.2) is 0 Å². The lowest BCUT2D eigenvalue weighted by molar-refractivity contribution is -0.127. The summed E-state index contributed by atoms with van der Waals surface area (Å²) in [7, 11) is 0. The molecule has 0 spiro atoms. The third kappa shape index (κ3) is 3.45. The lowest BCUT2D eigenvalue weighted by Gasteiger charge is -2.30. The number of carbonyl (C=O) groups is 2. The molecule has 2 bridgehead atoms. The van der Waals surface area contributed by atoms with Crippen LogP contribution in [0, 0.1) is 23.7 Å². The standard InChI is InChI=1S/C17H28N2O3/c20-10-14-12-5-6-13(8-12)17(14)19-16(22)9-18-15(21)7-11-3-1-2-4-11/h11-14,17,20H,1-10H2,(H,18,21)(H,19,22). The van der Waals surface area contributed by atoms with E-state index in [0.717, 1.165) is 25.7 Å². The summed E-state index contributed by atoms with van der Waals surface area (Å²) in [6.45, 7) is 0.220. The van der Waals surface area contributed by atoms with E-state index in [0.29, 0.717) is 24.2 Å². The summed E-state index contributed by atoms with van der Waals surface area (Å²) >= 11 is 0. The van der Waals surface area contributed by atoms with Gasteiger partial charge in [-0.25, -0.2) is 0 Å². The van der Waals surface area contributed by atoms with Crippen molar-refractivity contribution in [2.45, 2.75) is 57.4 Å². The van der Waals surface area contributed by atoms with Gasteiger partial charge in [0.05, 0.1) is 6.54 Å². The molecule has 3 rings (SSSR count). The van der Waals surface area contributed by atoms with E-state index in [2.05, 4.69) is 10.6 Å². The highest BCUT2D eigenvalue weighted by Gasteiger charge is 2.47. The molecule has 0 aromatic rings. The summed E-state index contributed by atoms with van der Waals surface area (Å²) in [5, 5.41) is 15.3. The Morgan fingerprint density at radius 3 is 2.45 bits per heavy atom. The van der Waals surface area contributed by atoms with Crippen LogP contribution in [0.15, 0.2) is 0 Å². The normalized spacial score (nSPS) is 34.0. The number of rotatable bonds is 6. The SMILES string of the molecule is O=C(CC1CCCC1)NCC(=O)NC1C2CCC(C2)C1CO. The fourth-order valence-corrected chi connectivity index (χ4v) is 4.86. The average molecular weight is 308 g/mol. The molecule has 3 saturated carbocycles. The molecule has 4 atom stereocenters. The van der Waals surface area contributed by atoms with Gasteiger partial charge in [-0.05, 0) is 49.9 Å². The van der Waals surface area contributed by atoms with Gasteiger partial charge in [-0.3, -0.25) is 9.59 Å². The second kappa shape index (κ2) is 6.99. The molecule has 3 N–H and O–H groups in total. The van der Waals surface area contributed by atoms with E-state index in [1.54, 1.807) is 0 Å². The fourth-order valence-electron chi connectivity index (χ4n) is 4.86. The number of hydrogen-bond donors (Lipinski definition) is 3. The second-order valence-corrected chi connectivity index (χ2v) is 7.40. The summed E-state index contributed by atoms with van der Waals surface area (Å²) < 4.78 is 0. The second-order valence-electron chi connectivity index (χ2n) is 7.40. The molecule has 0 saturated heterocycles. The summed E-state index contributed by atoms with van der Waals surface area (Å²) in [5.41, 5.74) is 0. The topological polar surface area (TPSA) is 78.4 Å². The van der Waals surface area contributed by atoms with Gasteiger partial charge in [-0.1, -0.05) is 12.8 Å². The Morgan fingerprint density at radius 1 is 1.00 bits per heavy atom. The van der Waals surface area contributed by atoms with Crippen molar-refractivity contribution in [2.24, 2.45) is 23.7 Å². The molecule has 0 aromatic carbocycles. The van der Waals surface area contributed by atoms with Crippen LogP contribution in [0.3, 0.4) is 0 Å². The molecule has 4 unspecified atom stereocenters. The van der Waals surface area contributed by atoms with E-state index in [1.165, 1.54) is 19.3 Å². The third-order valence-corrected chi connectivity index (χ3v) is 6.02. The summed E-state index contributed by atoms with van der Waals surface area (Å²) in [4.78, 5) is 23.9. The molecular weight excluding hydrogens is 280 g/mol. The van der Waals surface area contributed by atoms with Crippen molar-refractivity contribution in [1.29, 1.82) is 0 Å². The first-order chi connectivity index (χ1) is 10.7. The van der Waals surface area contributed by atoms with Crippen LogP contribution in [-0.2, 0) is 9.59 Å². The smallest absolute Gasteiger partial charge is 0.239 e. The van der Waals surface area contributed by atoms with E-state index in [4.69, 9.17) is 0 Å². The maximum Gasteiger partial charge on any atom is 0.239 e. The molecule has 0 heterocycles. The fraction of sp³-hybridized carbons (Fsp3) is 0.882. The van der Waals surface area contributed by atoms with Crippen LogP contribution >= 0.6 is 0 Å². The van der Waals surface area contributed by atoms with Crippen LogP contribution in [0.1, 0.15) is 51.4 Å². The quantitative estimate of drug-likeness (QED) is 0.690. The minimum atomic E-state index is -0.115. The van der Waals surface area contributed by atoms with Gasteiger partial charge in [-0.2, -0.15) is 0 Å². The Labute approximate surface area is 132 Å². The Kier molecular flexibility index (Phi) is 5.01. The highest BCUT2D eigenvalue weighted by Crippen LogP contribution is 2.48. The highest BCUT2D eigenvalue weighted by molar-refractivity contribution is 5.85. The molecular formula is C17H28N2O3. The molecule has 0 aromatic heterocycles. The van der Waals surface area contributed by atoms with Gasteiger partial charge in [0.1, 0.15) is 0 Å². The van der Waals surface area contributed by atoms with Crippen LogP contribution in [-0.4, -0.2) is 36.1 Å². The molecule has 3 fully saturated rings. The average Bonchev–Trinajstić information content (AvgIpc) is 3.22. The van der Waals surface area contributed by atoms with Gasteiger partial charge >= 0.3 is 0 Å². The van der Waals surface area contributed by atoms with Gasteiger partial charge < -0.3 is 15.7 Å². The zero-order valence-corrected chi connectivity index (χ0v) is 13.2. The Hall–Kier alpha value is -1.10. The van der Waals surface area contributed by atoms with Crippen molar-refractivity contribution in [3.05, 3.63) is 0 Å². The lowest BCUT2D eigenvalue weighted by atomic mass is 9.85. The van der Waals surface area contributed by atoms with Crippen molar-refractivity contribution in [3.63, 3.8) is 0 Å². The molecule has 124 valence electrons. The highest BCUT2D eigenvalue weighted by atomic mass is 16.3. The van der Waals surface area contributed by atoms with Crippen LogP contribution in [0.2, 0.25) is 0 Å². The zero-order valence-electron chi connectivity index (χ0n) is 13.2. The van der Waals surface area contributed by atoms with Gasteiger partial charge in [0.25, 0.3) is 0 Å². The molecule has 5 nitrogen and oxygen atoms in total. The monoisotopic (exact) mass is 308 g/mol. The van der Waals surface area contributed by atoms with Crippen molar-refractivity contribution in [2.75, 3.05) is 13.2 Å². The first-order valence-electron chi connectivity index (χ1n) is 8.84. The van der Waals surface area contributed by atoms with E-state index in [9.17, 15) is 14.7 Å². The summed E-state index contributed by atoms with van der Waals surface area (Å²) in [6, 6.07) is 0.1000. The predicted molar refractivity (Wildman–Crippen MR) is 82.9 cm³/mol.